The minimum absolute atomic E-state index is 0.163. The van der Waals surface area contributed by atoms with Crippen LogP contribution in [0.1, 0.15) is 33.1 Å². The summed E-state index contributed by atoms with van der Waals surface area (Å²) in [5.74, 6) is 0.615. The van der Waals surface area contributed by atoms with E-state index >= 15 is 0 Å². The monoisotopic (exact) mass is 201 g/mol. The van der Waals surface area contributed by atoms with Crippen LogP contribution in [0.15, 0.2) is 0 Å². The Balaban J connectivity index is 2.40. The Morgan fingerprint density at radius 1 is 1.43 bits per heavy atom. The number of hydrogen-bond donors (Lipinski definition) is 2. The molecule has 0 bridgehead atoms. The van der Waals surface area contributed by atoms with Crippen LogP contribution in [-0.4, -0.2) is 37.0 Å². The quantitative estimate of drug-likeness (QED) is 0.579. The van der Waals surface area contributed by atoms with Gasteiger partial charge in [-0.15, -0.1) is 0 Å². The van der Waals surface area contributed by atoms with Crippen molar-refractivity contribution in [1.82, 2.24) is 5.32 Å². The van der Waals surface area contributed by atoms with E-state index in [0.717, 1.165) is 19.6 Å². The van der Waals surface area contributed by atoms with Gasteiger partial charge in [-0.25, -0.2) is 0 Å². The average Bonchev–Trinajstić information content (AvgIpc) is 3.00. The van der Waals surface area contributed by atoms with E-state index in [1.165, 1.54) is 12.8 Å². The number of aliphatic hydroxyl groups excluding tert-OH is 1. The molecular formula is C11H23NO2. The summed E-state index contributed by atoms with van der Waals surface area (Å²) in [5.41, 5.74) is -0.163. The van der Waals surface area contributed by atoms with E-state index in [1.807, 2.05) is 0 Å². The number of nitrogens with one attached hydrogen (secondary N) is 1. The van der Waals surface area contributed by atoms with Crippen molar-refractivity contribution in [2.45, 2.75) is 38.6 Å². The lowest BCUT2D eigenvalue weighted by molar-refractivity contribution is 0.0249. The largest absolute Gasteiger partial charge is 0.394 e. The molecule has 84 valence electrons. The van der Waals surface area contributed by atoms with Crippen LogP contribution in [-0.2, 0) is 4.74 Å². The molecule has 1 aliphatic carbocycles. The van der Waals surface area contributed by atoms with E-state index in [0.29, 0.717) is 12.5 Å². The Morgan fingerprint density at radius 3 is 2.57 bits per heavy atom. The van der Waals surface area contributed by atoms with Crippen LogP contribution in [0.25, 0.3) is 0 Å². The van der Waals surface area contributed by atoms with E-state index in [9.17, 15) is 5.11 Å². The summed E-state index contributed by atoms with van der Waals surface area (Å²) in [4.78, 5) is 0. The molecule has 1 aliphatic rings. The lowest BCUT2D eigenvalue weighted by Gasteiger charge is -2.32. The Hall–Kier alpha value is -0.120. The van der Waals surface area contributed by atoms with Gasteiger partial charge < -0.3 is 15.2 Å². The molecule has 3 heteroatoms. The highest BCUT2D eigenvalue weighted by Gasteiger charge is 2.44. The molecule has 0 aromatic carbocycles. The predicted molar refractivity (Wildman–Crippen MR) is 57.3 cm³/mol. The first kappa shape index (κ1) is 12.0. The van der Waals surface area contributed by atoms with Crippen molar-refractivity contribution in [3.8, 4) is 0 Å². The second kappa shape index (κ2) is 5.69. The molecule has 1 unspecified atom stereocenters. The summed E-state index contributed by atoms with van der Waals surface area (Å²) in [7, 11) is 0. The summed E-state index contributed by atoms with van der Waals surface area (Å²) in [6.07, 6.45) is 3.49. The molecule has 0 spiro atoms. The maximum absolute atomic E-state index is 9.47. The number of rotatable bonds is 8. The standard InChI is InChI=1S/C11H23NO2/c1-3-7-14-9-11(8-13,12-4-2)10-5-6-10/h10,12-13H,3-9H2,1-2H3. The third kappa shape index (κ3) is 2.94. The van der Waals surface area contributed by atoms with Gasteiger partial charge in [-0.05, 0) is 31.7 Å². The molecule has 0 heterocycles. The SMILES string of the molecule is CCCOCC(CO)(NCC)C1CC1. The number of ether oxygens (including phenoxy) is 1. The first-order valence-electron chi connectivity index (χ1n) is 5.72. The Morgan fingerprint density at radius 2 is 2.14 bits per heavy atom. The highest BCUT2D eigenvalue weighted by atomic mass is 16.5. The van der Waals surface area contributed by atoms with Gasteiger partial charge in [0.2, 0.25) is 0 Å². The molecule has 0 amide bonds. The molecular weight excluding hydrogens is 178 g/mol. The topological polar surface area (TPSA) is 41.5 Å². The molecule has 14 heavy (non-hydrogen) atoms. The fraction of sp³-hybridized carbons (Fsp3) is 1.00. The maximum Gasteiger partial charge on any atom is 0.0679 e. The zero-order valence-corrected chi connectivity index (χ0v) is 9.38. The van der Waals surface area contributed by atoms with Gasteiger partial charge in [0.15, 0.2) is 0 Å². The average molecular weight is 201 g/mol. The second-order valence-electron chi connectivity index (χ2n) is 4.17. The van der Waals surface area contributed by atoms with Crippen LogP contribution in [0.4, 0.5) is 0 Å². The van der Waals surface area contributed by atoms with Crippen LogP contribution >= 0.6 is 0 Å². The van der Waals surface area contributed by atoms with Crippen molar-refractivity contribution < 1.29 is 9.84 Å². The number of likely N-dealkylation sites (N-methyl/N-ethyl adjacent to an activating group) is 1. The third-order valence-electron chi connectivity index (χ3n) is 2.88. The van der Waals surface area contributed by atoms with Gasteiger partial charge in [-0.2, -0.15) is 0 Å². The predicted octanol–water partition coefficient (Wildman–Crippen LogP) is 1.16. The lowest BCUT2D eigenvalue weighted by atomic mass is 9.95. The summed E-state index contributed by atoms with van der Waals surface area (Å²) in [6, 6.07) is 0. The Labute approximate surface area is 86.8 Å². The van der Waals surface area contributed by atoms with Crippen molar-refractivity contribution in [3.05, 3.63) is 0 Å². The maximum atomic E-state index is 9.47. The van der Waals surface area contributed by atoms with E-state index in [2.05, 4.69) is 19.2 Å². The second-order valence-corrected chi connectivity index (χ2v) is 4.17. The summed E-state index contributed by atoms with van der Waals surface area (Å²) >= 11 is 0. The van der Waals surface area contributed by atoms with Gasteiger partial charge in [0.1, 0.15) is 0 Å². The number of aliphatic hydroxyl groups is 1. The van der Waals surface area contributed by atoms with Gasteiger partial charge in [0.05, 0.1) is 18.8 Å². The zero-order chi connectivity index (χ0) is 10.4. The van der Waals surface area contributed by atoms with Crippen molar-refractivity contribution in [2.75, 3.05) is 26.4 Å². The highest BCUT2D eigenvalue weighted by Crippen LogP contribution is 2.39. The normalized spacial score (nSPS) is 20.8. The van der Waals surface area contributed by atoms with Crippen molar-refractivity contribution >= 4 is 0 Å². The molecule has 0 aromatic heterocycles. The fourth-order valence-corrected chi connectivity index (χ4v) is 1.93. The summed E-state index contributed by atoms with van der Waals surface area (Å²) < 4.78 is 5.57. The molecule has 0 aromatic rings. The fourth-order valence-electron chi connectivity index (χ4n) is 1.93. The van der Waals surface area contributed by atoms with Crippen molar-refractivity contribution in [2.24, 2.45) is 5.92 Å². The van der Waals surface area contributed by atoms with E-state index in [4.69, 9.17) is 4.74 Å². The molecule has 0 saturated heterocycles. The van der Waals surface area contributed by atoms with Crippen LogP contribution < -0.4 is 5.32 Å². The van der Waals surface area contributed by atoms with Crippen LogP contribution in [0.3, 0.4) is 0 Å². The lowest BCUT2D eigenvalue weighted by Crippen LogP contribution is -2.54. The Bertz CT molecular complexity index is 159. The van der Waals surface area contributed by atoms with Gasteiger partial charge >= 0.3 is 0 Å². The zero-order valence-electron chi connectivity index (χ0n) is 9.38. The van der Waals surface area contributed by atoms with Crippen LogP contribution in [0.5, 0.6) is 0 Å². The number of hydrogen-bond acceptors (Lipinski definition) is 3. The minimum atomic E-state index is -0.163. The molecule has 1 saturated carbocycles. The van der Waals surface area contributed by atoms with Crippen molar-refractivity contribution in [1.29, 1.82) is 0 Å². The van der Waals surface area contributed by atoms with Crippen LogP contribution in [0, 0.1) is 5.92 Å². The van der Waals surface area contributed by atoms with Gasteiger partial charge in [0, 0.05) is 6.61 Å². The summed E-state index contributed by atoms with van der Waals surface area (Å²) in [6.45, 7) is 6.70. The molecule has 2 N–H and O–H groups in total. The molecule has 0 aliphatic heterocycles. The van der Waals surface area contributed by atoms with E-state index in [-0.39, 0.29) is 12.1 Å². The molecule has 1 atom stereocenters. The van der Waals surface area contributed by atoms with Crippen molar-refractivity contribution in [3.63, 3.8) is 0 Å². The smallest absolute Gasteiger partial charge is 0.0679 e. The first-order valence-corrected chi connectivity index (χ1v) is 5.72. The molecule has 1 rings (SSSR count). The van der Waals surface area contributed by atoms with Gasteiger partial charge in [0.25, 0.3) is 0 Å². The molecule has 0 radical (unpaired) electrons. The highest BCUT2D eigenvalue weighted by molar-refractivity contribution is 5.00. The van der Waals surface area contributed by atoms with E-state index < -0.39 is 0 Å². The third-order valence-corrected chi connectivity index (χ3v) is 2.88. The first-order chi connectivity index (χ1) is 6.79. The summed E-state index contributed by atoms with van der Waals surface area (Å²) in [5, 5.41) is 12.9. The van der Waals surface area contributed by atoms with Gasteiger partial charge in [-0.1, -0.05) is 13.8 Å². The Kier molecular flexibility index (Phi) is 4.85. The minimum Gasteiger partial charge on any atom is -0.394 e. The van der Waals surface area contributed by atoms with Gasteiger partial charge in [-0.3, -0.25) is 0 Å². The molecule has 1 fully saturated rings. The van der Waals surface area contributed by atoms with E-state index in [1.54, 1.807) is 0 Å². The van der Waals surface area contributed by atoms with Crippen LogP contribution in [0.2, 0.25) is 0 Å². The molecule has 3 nitrogen and oxygen atoms in total.